The van der Waals surface area contributed by atoms with Gasteiger partial charge in [-0.15, -0.1) is 0 Å². The molecule has 4 nitrogen and oxygen atoms in total. The largest absolute Gasteiger partial charge is 0.349 e. The Morgan fingerprint density at radius 1 is 1.04 bits per heavy atom. The summed E-state index contributed by atoms with van der Waals surface area (Å²) in [5.41, 5.74) is 2.89. The van der Waals surface area contributed by atoms with Crippen LogP contribution in [0.4, 0.5) is 0 Å². The molecule has 0 spiro atoms. The van der Waals surface area contributed by atoms with E-state index in [2.05, 4.69) is 16.0 Å². The van der Waals surface area contributed by atoms with Crippen molar-refractivity contribution in [3.05, 3.63) is 29.6 Å². The maximum absolute atomic E-state index is 12.7. The Morgan fingerprint density at radius 3 is 2.67 bits per heavy atom. The molecular formula is C20H27N3O. The minimum Gasteiger partial charge on any atom is -0.349 e. The summed E-state index contributed by atoms with van der Waals surface area (Å²) in [4.78, 5) is 17.4. The molecule has 128 valence electrons. The van der Waals surface area contributed by atoms with Gasteiger partial charge in [0.15, 0.2) is 0 Å². The molecular weight excluding hydrogens is 298 g/mol. The van der Waals surface area contributed by atoms with Crippen molar-refractivity contribution in [2.45, 2.75) is 76.8 Å². The van der Waals surface area contributed by atoms with Crippen molar-refractivity contribution in [3.8, 4) is 0 Å². The van der Waals surface area contributed by atoms with Crippen LogP contribution in [0.5, 0.6) is 0 Å². The van der Waals surface area contributed by atoms with Gasteiger partial charge in [0.25, 0.3) is 5.91 Å². The average molecular weight is 325 g/mol. The summed E-state index contributed by atoms with van der Waals surface area (Å²) in [7, 11) is 0. The van der Waals surface area contributed by atoms with Crippen LogP contribution in [0.3, 0.4) is 0 Å². The number of aryl methyl sites for hydroxylation is 2. The molecule has 2 aliphatic rings. The van der Waals surface area contributed by atoms with E-state index in [0.29, 0.717) is 6.04 Å². The van der Waals surface area contributed by atoms with E-state index in [1.54, 1.807) is 0 Å². The number of benzene rings is 1. The quantitative estimate of drug-likeness (QED) is 0.899. The lowest BCUT2D eigenvalue weighted by Crippen LogP contribution is -2.35. The Labute approximate surface area is 143 Å². The van der Waals surface area contributed by atoms with Crippen LogP contribution in [0.2, 0.25) is 0 Å². The first-order valence-corrected chi connectivity index (χ1v) is 9.61. The van der Waals surface area contributed by atoms with Gasteiger partial charge in [-0.3, -0.25) is 4.79 Å². The molecule has 0 radical (unpaired) electrons. The maximum atomic E-state index is 12.7. The molecule has 1 saturated carbocycles. The first kappa shape index (κ1) is 15.7. The zero-order valence-electron chi connectivity index (χ0n) is 14.4. The standard InChI is InChI=1S/C20H27N3O/c24-20(21-16-8-4-2-1-3-5-9-16)15-11-12-18-17(14-15)22-19-10-6-7-13-23(18)19/h11-12,14,16H,1-10,13H2,(H,21,24). The lowest BCUT2D eigenvalue weighted by Gasteiger charge is -2.21. The number of carbonyl (C=O) groups is 1. The molecule has 1 aromatic carbocycles. The summed E-state index contributed by atoms with van der Waals surface area (Å²) in [5.74, 6) is 1.24. The van der Waals surface area contributed by atoms with Gasteiger partial charge in [-0.1, -0.05) is 32.1 Å². The molecule has 1 amide bonds. The van der Waals surface area contributed by atoms with Crippen LogP contribution in [0.15, 0.2) is 18.2 Å². The van der Waals surface area contributed by atoms with E-state index in [4.69, 9.17) is 4.98 Å². The third kappa shape index (κ3) is 3.19. The predicted octanol–water partition coefficient (Wildman–Crippen LogP) is 4.22. The first-order valence-electron chi connectivity index (χ1n) is 9.61. The van der Waals surface area contributed by atoms with Gasteiger partial charge in [-0.05, 0) is 43.9 Å². The average Bonchev–Trinajstić information content (AvgIpc) is 2.94. The third-order valence-corrected chi connectivity index (χ3v) is 5.56. The highest BCUT2D eigenvalue weighted by atomic mass is 16.1. The predicted molar refractivity (Wildman–Crippen MR) is 96.2 cm³/mol. The molecule has 0 saturated heterocycles. The molecule has 4 rings (SSSR count). The van der Waals surface area contributed by atoms with Crippen molar-refractivity contribution in [2.24, 2.45) is 0 Å². The van der Waals surface area contributed by atoms with E-state index >= 15 is 0 Å². The number of fused-ring (bicyclic) bond motifs is 3. The van der Waals surface area contributed by atoms with E-state index in [-0.39, 0.29) is 5.91 Å². The monoisotopic (exact) mass is 325 g/mol. The molecule has 1 fully saturated rings. The summed E-state index contributed by atoms with van der Waals surface area (Å²) >= 11 is 0. The van der Waals surface area contributed by atoms with Crippen molar-refractivity contribution < 1.29 is 4.79 Å². The molecule has 24 heavy (non-hydrogen) atoms. The van der Waals surface area contributed by atoms with Crippen LogP contribution in [-0.4, -0.2) is 21.5 Å². The van der Waals surface area contributed by atoms with Gasteiger partial charge in [-0.25, -0.2) is 4.98 Å². The summed E-state index contributed by atoms with van der Waals surface area (Å²) < 4.78 is 2.31. The normalized spacial score (nSPS) is 19.5. The maximum Gasteiger partial charge on any atom is 0.251 e. The fourth-order valence-electron chi connectivity index (χ4n) is 4.18. The Kier molecular flexibility index (Phi) is 4.54. The molecule has 1 N–H and O–H groups in total. The van der Waals surface area contributed by atoms with Gasteiger partial charge in [0.2, 0.25) is 0 Å². The Morgan fingerprint density at radius 2 is 1.83 bits per heavy atom. The molecule has 4 heteroatoms. The minimum absolute atomic E-state index is 0.0634. The van der Waals surface area contributed by atoms with Gasteiger partial charge < -0.3 is 9.88 Å². The molecule has 2 heterocycles. The molecule has 1 aromatic heterocycles. The van der Waals surface area contributed by atoms with Crippen LogP contribution < -0.4 is 5.32 Å². The molecule has 2 aromatic rings. The number of imidazole rings is 1. The first-order chi connectivity index (χ1) is 11.8. The molecule has 0 unspecified atom stereocenters. The number of hydrogen-bond donors (Lipinski definition) is 1. The number of nitrogens with one attached hydrogen (secondary N) is 1. The zero-order valence-corrected chi connectivity index (χ0v) is 14.4. The Balaban J connectivity index is 1.51. The number of nitrogens with zero attached hydrogens (tertiary/aromatic N) is 2. The lowest BCUT2D eigenvalue weighted by atomic mass is 9.96. The molecule has 0 bridgehead atoms. The summed E-state index contributed by atoms with van der Waals surface area (Å²) in [5, 5.41) is 3.26. The van der Waals surface area contributed by atoms with Crippen molar-refractivity contribution in [1.29, 1.82) is 0 Å². The van der Waals surface area contributed by atoms with Crippen LogP contribution in [0, 0.1) is 0 Å². The second-order valence-corrected chi connectivity index (χ2v) is 7.36. The van der Waals surface area contributed by atoms with Gasteiger partial charge >= 0.3 is 0 Å². The fourth-order valence-corrected chi connectivity index (χ4v) is 4.18. The highest BCUT2D eigenvalue weighted by Crippen LogP contribution is 2.23. The van der Waals surface area contributed by atoms with Crippen LogP contribution in [0.1, 0.15) is 74.0 Å². The zero-order chi connectivity index (χ0) is 16.4. The third-order valence-electron chi connectivity index (χ3n) is 5.56. The fraction of sp³-hybridized carbons (Fsp3) is 0.600. The summed E-state index contributed by atoms with van der Waals surface area (Å²) in [6.07, 6.45) is 12.2. The van der Waals surface area contributed by atoms with E-state index in [0.717, 1.165) is 36.9 Å². The van der Waals surface area contributed by atoms with Gasteiger partial charge in [0.1, 0.15) is 5.82 Å². The van der Waals surface area contributed by atoms with Crippen molar-refractivity contribution in [2.75, 3.05) is 0 Å². The molecule has 0 atom stereocenters. The van der Waals surface area contributed by atoms with Gasteiger partial charge in [0, 0.05) is 24.6 Å². The van der Waals surface area contributed by atoms with Crippen molar-refractivity contribution in [3.63, 3.8) is 0 Å². The van der Waals surface area contributed by atoms with E-state index in [1.165, 1.54) is 56.3 Å². The van der Waals surface area contributed by atoms with Crippen LogP contribution in [0.25, 0.3) is 11.0 Å². The van der Waals surface area contributed by atoms with E-state index in [9.17, 15) is 4.79 Å². The topological polar surface area (TPSA) is 46.9 Å². The highest BCUT2D eigenvalue weighted by Gasteiger charge is 2.18. The number of aromatic nitrogens is 2. The Hall–Kier alpha value is -1.84. The second-order valence-electron chi connectivity index (χ2n) is 7.36. The number of hydrogen-bond acceptors (Lipinski definition) is 2. The highest BCUT2D eigenvalue weighted by molar-refractivity contribution is 5.97. The molecule has 1 aliphatic carbocycles. The second kappa shape index (κ2) is 6.96. The number of rotatable bonds is 2. The van der Waals surface area contributed by atoms with Crippen LogP contribution in [-0.2, 0) is 13.0 Å². The van der Waals surface area contributed by atoms with Gasteiger partial charge in [-0.2, -0.15) is 0 Å². The number of carbonyl (C=O) groups excluding carboxylic acids is 1. The SMILES string of the molecule is O=C(NC1CCCCCCC1)c1ccc2c(c1)nc1n2CCCC1. The smallest absolute Gasteiger partial charge is 0.251 e. The van der Waals surface area contributed by atoms with E-state index < -0.39 is 0 Å². The van der Waals surface area contributed by atoms with Crippen molar-refractivity contribution >= 4 is 16.9 Å². The minimum atomic E-state index is 0.0634. The lowest BCUT2D eigenvalue weighted by molar-refractivity contribution is 0.0930. The van der Waals surface area contributed by atoms with Crippen LogP contribution >= 0.6 is 0 Å². The van der Waals surface area contributed by atoms with Gasteiger partial charge in [0.05, 0.1) is 11.0 Å². The Bertz CT molecular complexity index is 726. The summed E-state index contributed by atoms with van der Waals surface area (Å²) in [6, 6.07) is 6.34. The summed E-state index contributed by atoms with van der Waals surface area (Å²) in [6.45, 7) is 1.06. The molecule has 1 aliphatic heterocycles. The van der Waals surface area contributed by atoms with E-state index in [1.807, 2.05) is 12.1 Å². The number of amides is 1. The van der Waals surface area contributed by atoms with Crippen molar-refractivity contribution in [1.82, 2.24) is 14.9 Å².